The van der Waals surface area contributed by atoms with E-state index in [1.54, 1.807) is 11.3 Å². The van der Waals surface area contributed by atoms with Crippen LogP contribution in [0.5, 0.6) is 0 Å². The highest BCUT2D eigenvalue weighted by Gasteiger charge is 2.28. The van der Waals surface area contributed by atoms with Crippen molar-refractivity contribution in [3.05, 3.63) is 20.8 Å². The van der Waals surface area contributed by atoms with Gasteiger partial charge in [0, 0.05) is 10.9 Å². The zero-order chi connectivity index (χ0) is 14.5. The van der Waals surface area contributed by atoms with Crippen molar-refractivity contribution < 1.29 is 0 Å². The summed E-state index contributed by atoms with van der Waals surface area (Å²) in [7, 11) is 2.09. The van der Waals surface area contributed by atoms with Gasteiger partial charge in [0.25, 0.3) is 0 Å². The molecule has 1 atom stereocenters. The summed E-state index contributed by atoms with van der Waals surface area (Å²) in [4.78, 5) is 1.42. The van der Waals surface area contributed by atoms with Crippen molar-refractivity contribution in [2.45, 2.75) is 64.8 Å². The molecule has 1 aromatic heterocycles. The molecular formula is C17H28ClNS. The number of thiophene rings is 1. The first-order chi connectivity index (χ1) is 9.65. The van der Waals surface area contributed by atoms with Crippen LogP contribution in [0.25, 0.3) is 0 Å². The summed E-state index contributed by atoms with van der Waals surface area (Å²) in [5.74, 6) is 1.77. The van der Waals surface area contributed by atoms with Gasteiger partial charge in [-0.3, -0.25) is 0 Å². The van der Waals surface area contributed by atoms with Crippen LogP contribution >= 0.6 is 22.9 Å². The van der Waals surface area contributed by atoms with Crippen molar-refractivity contribution in [3.63, 3.8) is 0 Å². The van der Waals surface area contributed by atoms with Gasteiger partial charge in [-0.25, -0.2) is 0 Å². The van der Waals surface area contributed by atoms with Gasteiger partial charge in [0.1, 0.15) is 0 Å². The van der Waals surface area contributed by atoms with Gasteiger partial charge in [-0.15, -0.1) is 11.3 Å². The highest BCUT2D eigenvalue weighted by molar-refractivity contribution is 7.16. The Bertz CT molecular complexity index is 388. The molecule has 1 fully saturated rings. The van der Waals surface area contributed by atoms with Crippen LogP contribution in [0.3, 0.4) is 0 Å². The smallest absolute Gasteiger partial charge is 0.0960 e. The fourth-order valence-corrected chi connectivity index (χ4v) is 4.97. The van der Waals surface area contributed by atoms with Crippen LogP contribution in [0.4, 0.5) is 0 Å². The molecule has 1 aliphatic rings. The van der Waals surface area contributed by atoms with Crippen LogP contribution in [0.15, 0.2) is 6.07 Å². The second kappa shape index (κ2) is 7.82. The zero-order valence-electron chi connectivity index (χ0n) is 13.0. The Balaban J connectivity index is 1.93. The van der Waals surface area contributed by atoms with Crippen LogP contribution in [0.1, 0.15) is 68.4 Å². The SMILES string of the molecule is CCCCC1CCC(C(NC)c2cc(C)c(Cl)s2)CC1. The third-order valence-electron chi connectivity index (χ3n) is 4.82. The number of hydrogen-bond acceptors (Lipinski definition) is 2. The van der Waals surface area contributed by atoms with Crippen LogP contribution in [-0.4, -0.2) is 7.05 Å². The van der Waals surface area contributed by atoms with E-state index in [1.165, 1.54) is 55.4 Å². The molecule has 1 aliphatic carbocycles. The van der Waals surface area contributed by atoms with Crippen LogP contribution in [-0.2, 0) is 0 Å². The molecule has 0 radical (unpaired) electrons. The van der Waals surface area contributed by atoms with Crippen LogP contribution < -0.4 is 5.32 Å². The summed E-state index contributed by atoms with van der Waals surface area (Å²) in [6.45, 7) is 4.40. The molecular weight excluding hydrogens is 286 g/mol. The minimum absolute atomic E-state index is 0.498. The predicted molar refractivity (Wildman–Crippen MR) is 90.8 cm³/mol. The Labute approximate surface area is 133 Å². The number of halogens is 1. The summed E-state index contributed by atoms with van der Waals surface area (Å²) in [5.41, 5.74) is 1.23. The van der Waals surface area contributed by atoms with Crippen molar-refractivity contribution in [2.75, 3.05) is 7.05 Å². The predicted octanol–water partition coefficient (Wildman–Crippen LogP) is 5.97. The average molecular weight is 314 g/mol. The first-order valence-corrected chi connectivity index (χ1v) is 9.28. The Kier molecular flexibility index (Phi) is 6.38. The molecule has 0 spiro atoms. The van der Waals surface area contributed by atoms with Crippen molar-refractivity contribution in [3.8, 4) is 0 Å². The monoisotopic (exact) mass is 313 g/mol. The number of rotatable bonds is 6. The molecule has 3 heteroatoms. The molecule has 1 saturated carbocycles. The number of nitrogens with one attached hydrogen (secondary N) is 1. The molecule has 0 aromatic carbocycles. The molecule has 1 aromatic rings. The summed E-state index contributed by atoms with van der Waals surface area (Å²) < 4.78 is 0.955. The Morgan fingerprint density at radius 2 is 2.05 bits per heavy atom. The molecule has 1 unspecified atom stereocenters. The van der Waals surface area contributed by atoms with Gasteiger partial charge in [-0.1, -0.05) is 50.6 Å². The number of aryl methyl sites for hydroxylation is 1. The van der Waals surface area contributed by atoms with Crippen molar-refractivity contribution in [2.24, 2.45) is 11.8 Å². The van der Waals surface area contributed by atoms with E-state index in [2.05, 4.69) is 32.3 Å². The highest BCUT2D eigenvalue weighted by atomic mass is 35.5. The van der Waals surface area contributed by atoms with E-state index in [0.717, 1.165) is 16.2 Å². The van der Waals surface area contributed by atoms with Crippen molar-refractivity contribution in [1.29, 1.82) is 0 Å². The standard InChI is InChI=1S/C17H28ClNS/c1-4-5-6-13-7-9-14(10-8-13)16(19-3)15-11-12(2)17(18)20-15/h11,13-14,16,19H,4-10H2,1-3H3. The molecule has 1 heterocycles. The summed E-state index contributed by atoms with van der Waals surface area (Å²) in [6.07, 6.45) is 9.76. The average Bonchev–Trinajstić information content (AvgIpc) is 2.78. The van der Waals surface area contributed by atoms with Gasteiger partial charge in [-0.2, -0.15) is 0 Å². The maximum atomic E-state index is 6.24. The van der Waals surface area contributed by atoms with E-state index in [9.17, 15) is 0 Å². The minimum atomic E-state index is 0.498. The third kappa shape index (κ3) is 3.99. The lowest BCUT2D eigenvalue weighted by Crippen LogP contribution is -2.28. The molecule has 2 rings (SSSR count). The van der Waals surface area contributed by atoms with Crippen molar-refractivity contribution >= 4 is 22.9 Å². The largest absolute Gasteiger partial charge is 0.312 e. The second-order valence-corrected chi connectivity index (χ2v) is 7.98. The van der Waals surface area contributed by atoms with E-state index in [0.29, 0.717) is 6.04 Å². The van der Waals surface area contributed by atoms with E-state index < -0.39 is 0 Å². The van der Waals surface area contributed by atoms with Gasteiger partial charge in [-0.05, 0) is 50.3 Å². The fourth-order valence-electron chi connectivity index (χ4n) is 3.55. The second-order valence-electron chi connectivity index (χ2n) is 6.29. The van der Waals surface area contributed by atoms with Crippen LogP contribution in [0.2, 0.25) is 4.34 Å². The lowest BCUT2D eigenvalue weighted by Gasteiger charge is -2.33. The molecule has 0 saturated heterocycles. The molecule has 20 heavy (non-hydrogen) atoms. The summed E-state index contributed by atoms with van der Waals surface area (Å²) in [6, 6.07) is 2.77. The fraction of sp³-hybridized carbons (Fsp3) is 0.765. The van der Waals surface area contributed by atoms with E-state index in [-0.39, 0.29) is 0 Å². The Morgan fingerprint density at radius 3 is 2.55 bits per heavy atom. The normalized spacial score (nSPS) is 24.8. The van der Waals surface area contributed by atoms with E-state index >= 15 is 0 Å². The topological polar surface area (TPSA) is 12.0 Å². The van der Waals surface area contributed by atoms with Gasteiger partial charge in [0.15, 0.2) is 0 Å². The molecule has 1 nitrogen and oxygen atoms in total. The van der Waals surface area contributed by atoms with Gasteiger partial charge in [0.2, 0.25) is 0 Å². The van der Waals surface area contributed by atoms with E-state index in [1.807, 2.05) is 0 Å². The Morgan fingerprint density at radius 1 is 1.35 bits per heavy atom. The molecule has 114 valence electrons. The molecule has 0 amide bonds. The first-order valence-electron chi connectivity index (χ1n) is 8.08. The van der Waals surface area contributed by atoms with Gasteiger partial charge < -0.3 is 5.32 Å². The quantitative estimate of drug-likeness (QED) is 0.682. The molecule has 1 N–H and O–H groups in total. The lowest BCUT2D eigenvalue weighted by molar-refractivity contribution is 0.219. The number of hydrogen-bond donors (Lipinski definition) is 1. The minimum Gasteiger partial charge on any atom is -0.312 e. The zero-order valence-corrected chi connectivity index (χ0v) is 14.6. The van der Waals surface area contributed by atoms with Crippen LogP contribution in [0, 0.1) is 18.8 Å². The van der Waals surface area contributed by atoms with Gasteiger partial charge >= 0.3 is 0 Å². The van der Waals surface area contributed by atoms with Gasteiger partial charge in [0.05, 0.1) is 4.34 Å². The highest BCUT2D eigenvalue weighted by Crippen LogP contribution is 2.41. The first kappa shape index (κ1) is 16.3. The maximum Gasteiger partial charge on any atom is 0.0960 e. The van der Waals surface area contributed by atoms with E-state index in [4.69, 9.17) is 11.6 Å². The maximum absolute atomic E-state index is 6.24. The third-order valence-corrected chi connectivity index (χ3v) is 6.46. The van der Waals surface area contributed by atoms with Crippen molar-refractivity contribution in [1.82, 2.24) is 5.32 Å². The summed E-state index contributed by atoms with van der Waals surface area (Å²) in [5, 5.41) is 3.54. The molecule has 0 aliphatic heterocycles. The number of unbranched alkanes of at least 4 members (excludes halogenated alkanes) is 1. The molecule has 0 bridgehead atoms. The summed E-state index contributed by atoms with van der Waals surface area (Å²) >= 11 is 8.00. The Hall–Kier alpha value is -0.0500. The lowest BCUT2D eigenvalue weighted by atomic mass is 9.76.